The summed E-state index contributed by atoms with van der Waals surface area (Å²) < 4.78 is 1.31. The minimum atomic E-state index is -0.521. The Kier molecular flexibility index (Phi) is 6.70. The Morgan fingerprint density at radius 2 is 2.14 bits per heavy atom. The molecule has 1 aromatic carbocycles. The van der Waals surface area contributed by atoms with Crippen LogP contribution in [-0.2, 0) is 0 Å². The third-order valence-corrected chi connectivity index (χ3v) is 5.27. The fraction of sp³-hybridized carbons (Fsp3) is 0.526. The first-order valence-electron chi connectivity index (χ1n) is 9.68. The number of nitrogens with zero attached hydrogens (tertiary/aromatic N) is 5. The number of carbonyl (C=O) groups is 1. The molecule has 0 saturated heterocycles. The summed E-state index contributed by atoms with van der Waals surface area (Å²) in [6, 6.07) is 5.00. The maximum atomic E-state index is 12.4. The van der Waals surface area contributed by atoms with Crippen LogP contribution < -0.4 is 5.32 Å². The van der Waals surface area contributed by atoms with Gasteiger partial charge in [0.15, 0.2) is 0 Å². The van der Waals surface area contributed by atoms with Crippen molar-refractivity contribution in [2.24, 2.45) is 0 Å². The summed E-state index contributed by atoms with van der Waals surface area (Å²) in [4.78, 5) is 29.4. The summed E-state index contributed by atoms with van der Waals surface area (Å²) in [5.41, 5.74) is 0.347. The van der Waals surface area contributed by atoms with Gasteiger partial charge in [-0.2, -0.15) is 5.10 Å². The summed E-state index contributed by atoms with van der Waals surface area (Å²) in [6.07, 6.45) is 9.97. The highest BCUT2D eigenvalue weighted by molar-refractivity contribution is 5.95. The van der Waals surface area contributed by atoms with Crippen molar-refractivity contribution in [1.82, 2.24) is 25.0 Å². The predicted molar refractivity (Wildman–Crippen MR) is 104 cm³/mol. The Balaban J connectivity index is 1.54. The minimum absolute atomic E-state index is 0.185. The molecule has 0 radical (unpaired) electrons. The van der Waals surface area contributed by atoms with Gasteiger partial charge < -0.3 is 10.2 Å². The van der Waals surface area contributed by atoms with E-state index in [0.29, 0.717) is 12.6 Å². The fourth-order valence-corrected chi connectivity index (χ4v) is 3.67. The maximum absolute atomic E-state index is 12.4. The Morgan fingerprint density at radius 3 is 2.82 bits per heavy atom. The number of hydrogen-bond donors (Lipinski definition) is 1. The number of aromatic nitrogens is 3. The van der Waals surface area contributed by atoms with E-state index in [1.54, 1.807) is 6.07 Å². The number of nitro groups is 1. The van der Waals surface area contributed by atoms with Crippen molar-refractivity contribution in [2.75, 3.05) is 20.1 Å². The zero-order valence-corrected chi connectivity index (χ0v) is 16.1. The van der Waals surface area contributed by atoms with E-state index in [0.717, 1.165) is 13.0 Å². The molecule has 2 aromatic rings. The second-order valence-electron chi connectivity index (χ2n) is 7.18. The molecule has 1 aliphatic carbocycles. The number of rotatable bonds is 8. The second-order valence-corrected chi connectivity index (χ2v) is 7.18. The zero-order chi connectivity index (χ0) is 19.9. The first kappa shape index (κ1) is 19.9. The smallest absolute Gasteiger partial charge is 0.295 e. The van der Waals surface area contributed by atoms with Crippen LogP contribution in [0.25, 0.3) is 5.69 Å². The lowest BCUT2D eigenvalue weighted by molar-refractivity contribution is -0.384. The van der Waals surface area contributed by atoms with Crippen molar-refractivity contribution in [3.63, 3.8) is 0 Å². The molecule has 0 aliphatic heterocycles. The Hall–Kier alpha value is -2.81. The number of amides is 1. The summed E-state index contributed by atoms with van der Waals surface area (Å²) in [6.45, 7) is 1.46. The standard InChI is InChI=1S/C19H26N6O3/c1-23(16-6-3-2-4-7-16)11-5-10-21-19(26)15-8-9-17(18(12-15)25(27)28)24-14-20-13-22-24/h8-9,12-14,16H,2-7,10-11H2,1H3,(H,21,26). The van der Waals surface area contributed by atoms with E-state index in [1.165, 1.54) is 61.6 Å². The van der Waals surface area contributed by atoms with Gasteiger partial charge in [-0.15, -0.1) is 0 Å². The molecule has 9 heteroatoms. The van der Waals surface area contributed by atoms with Gasteiger partial charge in [0.25, 0.3) is 11.6 Å². The molecule has 1 aliphatic rings. The molecule has 1 saturated carbocycles. The van der Waals surface area contributed by atoms with Gasteiger partial charge in [-0.25, -0.2) is 9.67 Å². The lowest BCUT2D eigenvalue weighted by Gasteiger charge is -2.31. The van der Waals surface area contributed by atoms with Gasteiger partial charge in [-0.05, 0) is 45.0 Å². The number of nitro benzene ring substituents is 1. The molecule has 1 amide bonds. The fourth-order valence-electron chi connectivity index (χ4n) is 3.67. The lowest BCUT2D eigenvalue weighted by Crippen LogP contribution is -2.35. The van der Waals surface area contributed by atoms with Gasteiger partial charge in [0.2, 0.25) is 0 Å². The van der Waals surface area contributed by atoms with Gasteiger partial charge in [0.05, 0.1) is 4.92 Å². The van der Waals surface area contributed by atoms with Crippen LogP contribution in [-0.4, -0.2) is 56.7 Å². The first-order chi connectivity index (χ1) is 13.6. The summed E-state index contributed by atoms with van der Waals surface area (Å²) in [5.74, 6) is -0.312. The third kappa shape index (κ3) is 4.92. The Labute approximate surface area is 163 Å². The molecule has 9 nitrogen and oxygen atoms in total. The van der Waals surface area contributed by atoms with Crippen molar-refractivity contribution < 1.29 is 9.72 Å². The van der Waals surface area contributed by atoms with E-state index in [2.05, 4.69) is 27.3 Å². The van der Waals surface area contributed by atoms with Crippen LogP contribution in [0.3, 0.4) is 0 Å². The molecule has 1 fully saturated rings. The van der Waals surface area contributed by atoms with Crippen LogP contribution in [0.5, 0.6) is 0 Å². The van der Waals surface area contributed by atoms with Crippen LogP contribution in [0, 0.1) is 10.1 Å². The molecular formula is C19H26N6O3. The van der Waals surface area contributed by atoms with E-state index >= 15 is 0 Å². The van der Waals surface area contributed by atoms with Gasteiger partial charge >= 0.3 is 0 Å². The maximum Gasteiger partial charge on any atom is 0.295 e. The van der Waals surface area contributed by atoms with Crippen LogP contribution >= 0.6 is 0 Å². The van der Waals surface area contributed by atoms with Crippen LogP contribution in [0.2, 0.25) is 0 Å². The molecule has 1 aromatic heterocycles. The number of benzene rings is 1. The van der Waals surface area contributed by atoms with E-state index < -0.39 is 4.92 Å². The number of hydrogen-bond acceptors (Lipinski definition) is 6. The largest absolute Gasteiger partial charge is 0.352 e. The van der Waals surface area contributed by atoms with Gasteiger partial charge in [-0.1, -0.05) is 19.3 Å². The first-order valence-corrected chi connectivity index (χ1v) is 9.68. The molecule has 0 bridgehead atoms. The van der Waals surface area contributed by atoms with Crippen molar-refractivity contribution in [3.05, 3.63) is 46.5 Å². The molecule has 28 heavy (non-hydrogen) atoms. The molecule has 150 valence electrons. The quantitative estimate of drug-likeness (QED) is 0.424. The normalized spacial score (nSPS) is 14.9. The average Bonchev–Trinajstić information content (AvgIpc) is 3.25. The van der Waals surface area contributed by atoms with Crippen LogP contribution in [0.15, 0.2) is 30.9 Å². The molecule has 1 N–H and O–H groups in total. The highest BCUT2D eigenvalue weighted by Crippen LogP contribution is 2.24. The van der Waals surface area contributed by atoms with Gasteiger partial charge in [0, 0.05) is 24.2 Å². The third-order valence-electron chi connectivity index (χ3n) is 5.27. The lowest BCUT2D eigenvalue weighted by atomic mass is 9.94. The summed E-state index contributed by atoms with van der Waals surface area (Å²) >= 11 is 0. The van der Waals surface area contributed by atoms with Crippen molar-refractivity contribution in [3.8, 4) is 5.69 Å². The van der Waals surface area contributed by atoms with E-state index in [9.17, 15) is 14.9 Å². The molecular weight excluding hydrogens is 360 g/mol. The zero-order valence-electron chi connectivity index (χ0n) is 16.1. The average molecular weight is 386 g/mol. The number of carbonyl (C=O) groups excluding carboxylic acids is 1. The van der Waals surface area contributed by atoms with Crippen LogP contribution in [0.1, 0.15) is 48.9 Å². The van der Waals surface area contributed by atoms with Crippen molar-refractivity contribution >= 4 is 11.6 Å². The Bertz CT molecular complexity index is 802. The van der Waals surface area contributed by atoms with E-state index in [1.807, 2.05) is 0 Å². The van der Waals surface area contributed by atoms with E-state index in [4.69, 9.17) is 0 Å². The minimum Gasteiger partial charge on any atom is -0.352 e. The van der Waals surface area contributed by atoms with Crippen LogP contribution in [0.4, 0.5) is 5.69 Å². The number of nitrogens with one attached hydrogen (secondary N) is 1. The molecule has 0 atom stereocenters. The molecule has 3 rings (SSSR count). The monoisotopic (exact) mass is 386 g/mol. The van der Waals surface area contributed by atoms with Gasteiger partial charge in [-0.3, -0.25) is 14.9 Å². The molecule has 0 spiro atoms. The topological polar surface area (TPSA) is 106 Å². The van der Waals surface area contributed by atoms with Crippen molar-refractivity contribution in [2.45, 2.75) is 44.6 Å². The predicted octanol–water partition coefficient (Wildman–Crippen LogP) is 2.56. The molecule has 1 heterocycles. The SMILES string of the molecule is CN(CCCNC(=O)c1ccc(-n2cncn2)c([N+](=O)[O-])c1)C1CCCCC1. The highest BCUT2D eigenvalue weighted by atomic mass is 16.6. The summed E-state index contributed by atoms with van der Waals surface area (Å²) in [5, 5.41) is 18.2. The second kappa shape index (κ2) is 9.41. The highest BCUT2D eigenvalue weighted by Gasteiger charge is 2.20. The summed E-state index contributed by atoms with van der Waals surface area (Å²) in [7, 11) is 2.14. The van der Waals surface area contributed by atoms with Crippen molar-refractivity contribution in [1.29, 1.82) is 0 Å². The van der Waals surface area contributed by atoms with Gasteiger partial charge in [0.1, 0.15) is 18.3 Å². The molecule has 0 unspecified atom stereocenters. The Morgan fingerprint density at radius 1 is 1.36 bits per heavy atom. The van der Waals surface area contributed by atoms with E-state index in [-0.39, 0.29) is 22.8 Å².